The molecule has 1 aromatic heterocycles. The molecule has 0 aromatic carbocycles. The van der Waals surface area contributed by atoms with Crippen molar-refractivity contribution >= 4 is 11.3 Å². The lowest BCUT2D eigenvalue weighted by atomic mass is 10.2. The Kier molecular flexibility index (Phi) is 3.84. The van der Waals surface area contributed by atoms with Crippen LogP contribution in [0.2, 0.25) is 0 Å². The van der Waals surface area contributed by atoms with Gasteiger partial charge in [-0.2, -0.15) is 0 Å². The zero-order valence-electron chi connectivity index (χ0n) is 8.45. The maximum Gasteiger partial charge on any atom is 0.0897 e. The number of nitrogens with two attached hydrogens (primary N) is 1. The second-order valence-corrected chi connectivity index (χ2v) is 4.65. The second-order valence-electron chi connectivity index (χ2n) is 3.58. The Morgan fingerprint density at radius 1 is 1.62 bits per heavy atom. The summed E-state index contributed by atoms with van der Waals surface area (Å²) >= 11 is 1.69. The van der Waals surface area contributed by atoms with Gasteiger partial charge in [0.1, 0.15) is 0 Å². The van der Waals surface area contributed by atoms with Gasteiger partial charge in [-0.25, -0.2) is 4.98 Å². The van der Waals surface area contributed by atoms with Gasteiger partial charge in [-0.15, -0.1) is 11.3 Å². The van der Waals surface area contributed by atoms with Gasteiger partial charge in [0.25, 0.3) is 0 Å². The van der Waals surface area contributed by atoms with Crippen molar-refractivity contribution in [2.75, 3.05) is 20.6 Å². The van der Waals surface area contributed by atoms with Crippen LogP contribution in [0, 0.1) is 6.92 Å². The molecule has 0 aliphatic carbocycles. The molecule has 0 radical (unpaired) electrons. The fourth-order valence-electron chi connectivity index (χ4n) is 1.30. The van der Waals surface area contributed by atoms with Crippen molar-refractivity contribution < 1.29 is 0 Å². The van der Waals surface area contributed by atoms with Crippen molar-refractivity contribution in [3.05, 3.63) is 16.1 Å². The van der Waals surface area contributed by atoms with E-state index in [1.807, 2.05) is 21.0 Å². The molecule has 0 spiro atoms. The maximum absolute atomic E-state index is 5.94. The fraction of sp³-hybridized carbons (Fsp3) is 0.667. The van der Waals surface area contributed by atoms with Crippen molar-refractivity contribution in [2.45, 2.75) is 19.4 Å². The van der Waals surface area contributed by atoms with Crippen LogP contribution in [0.3, 0.4) is 0 Å². The third-order valence-corrected chi connectivity index (χ3v) is 2.56. The Bertz CT molecular complexity index is 257. The van der Waals surface area contributed by atoms with Crippen LogP contribution in [0.15, 0.2) is 5.38 Å². The van der Waals surface area contributed by atoms with E-state index in [1.54, 1.807) is 11.3 Å². The Hall–Kier alpha value is -0.450. The summed E-state index contributed by atoms with van der Waals surface area (Å²) in [6.07, 6.45) is 0.877. The van der Waals surface area contributed by atoms with Crippen molar-refractivity contribution in [1.29, 1.82) is 0 Å². The summed E-state index contributed by atoms with van der Waals surface area (Å²) in [6, 6.07) is 0.191. The molecule has 74 valence electrons. The summed E-state index contributed by atoms with van der Waals surface area (Å²) in [5, 5.41) is 3.21. The smallest absolute Gasteiger partial charge is 0.0897 e. The molecule has 0 bridgehead atoms. The van der Waals surface area contributed by atoms with Crippen molar-refractivity contribution in [2.24, 2.45) is 5.73 Å². The molecule has 13 heavy (non-hydrogen) atoms. The van der Waals surface area contributed by atoms with Gasteiger partial charge in [0.15, 0.2) is 0 Å². The zero-order valence-corrected chi connectivity index (χ0v) is 9.27. The van der Waals surface area contributed by atoms with E-state index in [9.17, 15) is 0 Å². The predicted octanol–water partition coefficient (Wildman–Crippen LogP) is 0.883. The lowest BCUT2D eigenvalue weighted by Gasteiger charge is -2.15. The zero-order chi connectivity index (χ0) is 9.84. The number of hydrogen-bond acceptors (Lipinski definition) is 4. The average molecular weight is 199 g/mol. The van der Waals surface area contributed by atoms with Gasteiger partial charge in [0, 0.05) is 24.4 Å². The van der Waals surface area contributed by atoms with Crippen LogP contribution >= 0.6 is 11.3 Å². The highest BCUT2D eigenvalue weighted by Gasteiger charge is 2.07. The van der Waals surface area contributed by atoms with Gasteiger partial charge in [0.05, 0.1) is 10.7 Å². The maximum atomic E-state index is 5.94. The quantitative estimate of drug-likeness (QED) is 0.783. The number of aryl methyl sites for hydroxylation is 1. The molecule has 3 nitrogen and oxygen atoms in total. The molecule has 1 heterocycles. The molecule has 1 atom stereocenters. The normalized spacial score (nSPS) is 13.6. The van der Waals surface area contributed by atoms with Crippen molar-refractivity contribution in [3.63, 3.8) is 0 Å². The van der Waals surface area contributed by atoms with E-state index in [2.05, 4.69) is 15.3 Å². The first-order chi connectivity index (χ1) is 6.08. The minimum atomic E-state index is 0.191. The highest BCUT2D eigenvalue weighted by atomic mass is 32.1. The van der Waals surface area contributed by atoms with Gasteiger partial charge in [-0.05, 0) is 21.0 Å². The summed E-state index contributed by atoms with van der Waals surface area (Å²) in [7, 11) is 4.07. The highest BCUT2D eigenvalue weighted by molar-refractivity contribution is 7.09. The van der Waals surface area contributed by atoms with Crippen LogP contribution in [-0.4, -0.2) is 36.6 Å². The van der Waals surface area contributed by atoms with E-state index in [1.165, 1.54) is 0 Å². The summed E-state index contributed by atoms with van der Waals surface area (Å²) in [5.74, 6) is 0. The van der Waals surface area contributed by atoms with Crippen molar-refractivity contribution in [3.8, 4) is 0 Å². The molecule has 0 saturated heterocycles. The lowest BCUT2D eigenvalue weighted by molar-refractivity contribution is 0.370. The Labute approximate surface area is 83.6 Å². The van der Waals surface area contributed by atoms with E-state index in [0.717, 1.165) is 23.7 Å². The molecule has 0 amide bonds. The number of rotatable bonds is 4. The topological polar surface area (TPSA) is 42.1 Å². The molecule has 1 rings (SSSR count). The monoisotopic (exact) mass is 199 g/mol. The standard InChI is InChI=1S/C9H17N3S/c1-7-11-9(6-13-7)4-8(10)5-12(2)3/h6,8H,4-5,10H2,1-3H3. The molecule has 1 unspecified atom stereocenters. The first-order valence-corrected chi connectivity index (χ1v) is 5.27. The predicted molar refractivity (Wildman–Crippen MR) is 57.1 cm³/mol. The molecule has 4 heteroatoms. The first kappa shape index (κ1) is 10.6. The van der Waals surface area contributed by atoms with Gasteiger partial charge >= 0.3 is 0 Å². The molecule has 2 N–H and O–H groups in total. The molecule has 1 aromatic rings. The molecule has 0 aliphatic rings. The molecule has 0 aliphatic heterocycles. The third-order valence-electron chi connectivity index (χ3n) is 1.74. The van der Waals surface area contributed by atoms with Gasteiger partial charge in [0.2, 0.25) is 0 Å². The SMILES string of the molecule is Cc1nc(CC(N)CN(C)C)cs1. The van der Waals surface area contributed by atoms with E-state index < -0.39 is 0 Å². The summed E-state index contributed by atoms with van der Waals surface area (Å²) < 4.78 is 0. The minimum absolute atomic E-state index is 0.191. The third kappa shape index (κ3) is 3.85. The van der Waals surface area contributed by atoms with Crippen molar-refractivity contribution in [1.82, 2.24) is 9.88 Å². The number of likely N-dealkylation sites (N-methyl/N-ethyl adjacent to an activating group) is 1. The van der Waals surface area contributed by atoms with Crippen LogP contribution in [0.4, 0.5) is 0 Å². The van der Waals surface area contributed by atoms with Crippen LogP contribution < -0.4 is 5.73 Å². The minimum Gasteiger partial charge on any atom is -0.326 e. The Balaban J connectivity index is 2.40. The lowest BCUT2D eigenvalue weighted by Crippen LogP contribution is -2.34. The molecule has 0 saturated carbocycles. The summed E-state index contributed by atoms with van der Waals surface area (Å²) in [6.45, 7) is 2.93. The van der Waals surface area contributed by atoms with Gasteiger partial charge < -0.3 is 10.6 Å². The number of hydrogen-bond donors (Lipinski definition) is 1. The highest BCUT2D eigenvalue weighted by Crippen LogP contribution is 2.09. The average Bonchev–Trinajstić information content (AvgIpc) is 2.33. The van der Waals surface area contributed by atoms with Crippen LogP contribution in [0.5, 0.6) is 0 Å². The number of aromatic nitrogens is 1. The van der Waals surface area contributed by atoms with E-state index in [-0.39, 0.29) is 6.04 Å². The summed E-state index contributed by atoms with van der Waals surface area (Å²) in [5.41, 5.74) is 7.06. The summed E-state index contributed by atoms with van der Waals surface area (Å²) in [4.78, 5) is 6.48. The first-order valence-electron chi connectivity index (χ1n) is 4.39. The molecular weight excluding hydrogens is 182 g/mol. The molecule has 0 fully saturated rings. The second kappa shape index (κ2) is 4.69. The van der Waals surface area contributed by atoms with Gasteiger partial charge in [-0.3, -0.25) is 0 Å². The largest absolute Gasteiger partial charge is 0.326 e. The van der Waals surface area contributed by atoms with Crippen LogP contribution in [0.25, 0.3) is 0 Å². The number of nitrogens with zero attached hydrogens (tertiary/aromatic N) is 2. The Morgan fingerprint density at radius 3 is 2.77 bits per heavy atom. The van der Waals surface area contributed by atoms with E-state index >= 15 is 0 Å². The van der Waals surface area contributed by atoms with E-state index in [4.69, 9.17) is 5.73 Å². The number of thiazole rings is 1. The Morgan fingerprint density at radius 2 is 2.31 bits per heavy atom. The molecular formula is C9H17N3S. The van der Waals surface area contributed by atoms with E-state index in [0.29, 0.717) is 0 Å². The fourth-order valence-corrected chi connectivity index (χ4v) is 1.93. The van der Waals surface area contributed by atoms with Gasteiger partial charge in [-0.1, -0.05) is 0 Å². The van der Waals surface area contributed by atoms with Crippen LogP contribution in [0.1, 0.15) is 10.7 Å². The van der Waals surface area contributed by atoms with Crippen LogP contribution in [-0.2, 0) is 6.42 Å².